The van der Waals surface area contributed by atoms with E-state index in [1.54, 1.807) is 0 Å². The maximum Gasteiger partial charge on any atom is -0.0358 e. The molecule has 0 bridgehead atoms. The normalized spacial score (nSPS) is 17.8. The van der Waals surface area contributed by atoms with Crippen LogP contribution in [-0.2, 0) is 0 Å². The van der Waals surface area contributed by atoms with Crippen LogP contribution in [0.5, 0.6) is 0 Å². The smallest absolute Gasteiger partial charge is 0.0358 e. The van der Waals surface area contributed by atoms with Crippen molar-refractivity contribution >= 4 is 0 Å². The third-order valence-corrected chi connectivity index (χ3v) is 4.87. The Bertz CT molecular complexity index is 147. The van der Waals surface area contributed by atoms with Gasteiger partial charge in [-0.3, -0.25) is 0 Å². The maximum absolute atomic E-state index is 2.46. The van der Waals surface area contributed by atoms with Crippen LogP contribution in [-0.4, -0.2) is 0 Å². The predicted molar refractivity (Wildman–Crippen MR) is 75.6 cm³/mol. The topological polar surface area (TPSA) is 0 Å². The molecule has 0 rings (SSSR count). The molecule has 0 radical (unpaired) electrons. The second kappa shape index (κ2) is 8.14. The van der Waals surface area contributed by atoms with Crippen molar-refractivity contribution in [1.82, 2.24) is 0 Å². The molecule has 0 aromatic rings. The van der Waals surface area contributed by atoms with Gasteiger partial charge >= 0.3 is 0 Å². The van der Waals surface area contributed by atoms with Crippen LogP contribution in [0.15, 0.2) is 0 Å². The van der Waals surface area contributed by atoms with Gasteiger partial charge in [0.15, 0.2) is 0 Å². The molecule has 3 atom stereocenters. The third-order valence-electron chi connectivity index (χ3n) is 4.87. The Balaban J connectivity index is 4.73. The summed E-state index contributed by atoms with van der Waals surface area (Å²) in [6, 6.07) is 0. The minimum atomic E-state index is 0.827. The van der Waals surface area contributed by atoms with Crippen molar-refractivity contribution in [2.24, 2.45) is 29.6 Å². The van der Waals surface area contributed by atoms with Crippen LogP contribution in [0.4, 0.5) is 0 Å². The molecule has 0 heteroatoms. The summed E-state index contributed by atoms with van der Waals surface area (Å²) in [6.45, 7) is 16.7. The van der Waals surface area contributed by atoms with Crippen molar-refractivity contribution in [2.45, 2.75) is 74.1 Å². The van der Waals surface area contributed by atoms with Crippen molar-refractivity contribution in [2.75, 3.05) is 0 Å². The van der Waals surface area contributed by atoms with Crippen molar-refractivity contribution in [1.29, 1.82) is 0 Å². The number of hydrogen-bond acceptors (Lipinski definition) is 0. The lowest BCUT2D eigenvalue weighted by atomic mass is 9.68. The van der Waals surface area contributed by atoms with E-state index in [2.05, 4.69) is 48.5 Å². The molecule has 3 unspecified atom stereocenters. The van der Waals surface area contributed by atoms with Crippen molar-refractivity contribution in [3.8, 4) is 0 Å². The Labute approximate surface area is 104 Å². The van der Waals surface area contributed by atoms with Crippen molar-refractivity contribution in [3.05, 3.63) is 0 Å². The van der Waals surface area contributed by atoms with E-state index in [-0.39, 0.29) is 0 Å². The molecule has 0 aliphatic heterocycles. The first-order valence-electron chi connectivity index (χ1n) is 7.53. The van der Waals surface area contributed by atoms with E-state index in [4.69, 9.17) is 0 Å². The molecule has 0 spiro atoms. The zero-order valence-corrected chi connectivity index (χ0v) is 12.7. The van der Waals surface area contributed by atoms with E-state index in [0.717, 1.165) is 29.6 Å². The quantitative estimate of drug-likeness (QED) is 0.493. The van der Waals surface area contributed by atoms with Gasteiger partial charge in [0.2, 0.25) is 0 Å². The summed E-state index contributed by atoms with van der Waals surface area (Å²) in [5, 5.41) is 0. The molecule has 0 saturated carbocycles. The van der Waals surface area contributed by atoms with Gasteiger partial charge in [0.1, 0.15) is 0 Å². The van der Waals surface area contributed by atoms with E-state index in [1.807, 2.05) is 0 Å². The summed E-state index contributed by atoms with van der Waals surface area (Å²) in [5.41, 5.74) is 0. The summed E-state index contributed by atoms with van der Waals surface area (Å²) < 4.78 is 0. The Morgan fingerprint density at radius 1 is 0.625 bits per heavy atom. The lowest BCUT2D eigenvalue weighted by molar-refractivity contribution is 0.124. The van der Waals surface area contributed by atoms with Crippen LogP contribution in [0.3, 0.4) is 0 Å². The van der Waals surface area contributed by atoms with Gasteiger partial charge in [-0.1, -0.05) is 74.1 Å². The highest BCUT2D eigenvalue weighted by molar-refractivity contribution is 4.79. The Hall–Kier alpha value is 0. The lowest BCUT2D eigenvalue weighted by Gasteiger charge is -2.37. The summed E-state index contributed by atoms with van der Waals surface area (Å²) >= 11 is 0. The van der Waals surface area contributed by atoms with Crippen LogP contribution in [0.2, 0.25) is 0 Å². The fourth-order valence-corrected chi connectivity index (χ4v) is 3.44. The molecule has 0 saturated heterocycles. The van der Waals surface area contributed by atoms with Gasteiger partial charge in [-0.25, -0.2) is 0 Å². The van der Waals surface area contributed by atoms with Crippen LogP contribution in [0, 0.1) is 29.6 Å². The molecule has 0 amide bonds. The van der Waals surface area contributed by atoms with E-state index in [1.165, 1.54) is 25.7 Å². The molecule has 0 aliphatic rings. The second-order valence-electron chi connectivity index (χ2n) is 5.82. The van der Waals surface area contributed by atoms with Crippen LogP contribution >= 0.6 is 0 Å². The SMILES string of the molecule is CCC(CC)C(CC)C(CC)C(C)C(C)C. The molecular weight excluding hydrogens is 192 g/mol. The summed E-state index contributed by atoms with van der Waals surface area (Å²) in [4.78, 5) is 0. The first-order chi connectivity index (χ1) is 7.53. The van der Waals surface area contributed by atoms with Gasteiger partial charge in [0.25, 0.3) is 0 Å². The fraction of sp³-hybridized carbons (Fsp3) is 1.00. The molecule has 0 N–H and O–H groups in total. The minimum absolute atomic E-state index is 0.827. The lowest BCUT2D eigenvalue weighted by Crippen LogP contribution is -2.29. The van der Waals surface area contributed by atoms with Gasteiger partial charge in [0.05, 0.1) is 0 Å². The van der Waals surface area contributed by atoms with Crippen LogP contribution in [0.25, 0.3) is 0 Å². The van der Waals surface area contributed by atoms with Crippen molar-refractivity contribution in [3.63, 3.8) is 0 Å². The van der Waals surface area contributed by atoms with Crippen LogP contribution in [0.1, 0.15) is 74.1 Å². The number of rotatable bonds is 8. The molecule has 16 heavy (non-hydrogen) atoms. The predicted octanol–water partition coefficient (Wildman–Crippen LogP) is 5.77. The minimum Gasteiger partial charge on any atom is -0.0651 e. The van der Waals surface area contributed by atoms with E-state index in [0.29, 0.717) is 0 Å². The summed E-state index contributed by atoms with van der Waals surface area (Å²) in [6.07, 6.45) is 5.43. The summed E-state index contributed by atoms with van der Waals surface area (Å²) in [5.74, 6) is 4.51. The van der Waals surface area contributed by atoms with E-state index in [9.17, 15) is 0 Å². The first kappa shape index (κ1) is 16.0. The van der Waals surface area contributed by atoms with Crippen molar-refractivity contribution < 1.29 is 0 Å². The highest BCUT2D eigenvalue weighted by Crippen LogP contribution is 2.38. The molecular formula is C16H34. The monoisotopic (exact) mass is 226 g/mol. The molecule has 0 aromatic carbocycles. The molecule has 0 aliphatic carbocycles. The Kier molecular flexibility index (Phi) is 8.14. The maximum atomic E-state index is 2.46. The molecule has 98 valence electrons. The average Bonchev–Trinajstić information content (AvgIpc) is 2.28. The van der Waals surface area contributed by atoms with E-state index >= 15 is 0 Å². The Morgan fingerprint density at radius 3 is 1.31 bits per heavy atom. The largest absolute Gasteiger partial charge is 0.0651 e. The summed E-state index contributed by atoms with van der Waals surface area (Å²) in [7, 11) is 0. The standard InChI is InChI=1S/C16H34/c1-8-14(9-2)16(11-4)15(10-3)13(7)12(5)6/h12-16H,8-11H2,1-7H3. The zero-order valence-electron chi connectivity index (χ0n) is 12.7. The van der Waals surface area contributed by atoms with Gasteiger partial charge in [-0.2, -0.15) is 0 Å². The highest BCUT2D eigenvalue weighted by Gasteiger charge is 2.29. The van der Waals surface area contributed by atoms with E-state index < -0.39 is 0 Å². The third kappa shape index (κ3) is 4.11. The molecule has 0 nitrogen and oxygen atoms in total. The zero-order chi connectivity index (χ0) is 12.7. The highest BCUT2D eigenvalue weighted by atomic mass is 14.3. The molecule has 0 aromatic heterocycles. The fourth-order valence-electron chi connectivity index (χ4n) is 3.44. The average molecular weight is 226 g/mol. The molecule has 0 fully saturated rings. The molecule has 0 heterocycles. The number of hydrogen-bond donors (Lipinski definition) is 0. The Morgan fingerprint density at radius 2 is 1.06 bits per heavy atom. The van der Waals surface area contributed by atoms with Crippen LogP contribution < -0.4 is 0 Å². The van der Waals surface area contributed by atoms with Gasteiger partial charge < -0.3 is 0 Å². The second-order valence-corrected chi connectivity index (χ2v) is 5.82. The van der Waals surface area contributed by atoms with Gasteiger partial charge in [-0.15, -0.1) is 0 Å². The van der Waals surface area contributed by atoms with Gasteiger partial charge in [-0.05, 0) is 29.6 Å². The van der Waals surface area contributed by atoms with Gasteiger partial charge in [0, 0.05) is 0 Å². The first-order valence-corrected chi connectivity index (χ1v) is 7.53.